The van der Waals surface area contributed by atoms with E-state index in [2.05, 4.69) is 5.32 Å². The van der Waals surface area contributed by atoms with Gasteiger partial charge >= 0.3 is 0 Å². The summed E-state index contributed by atoms with van der Waals surface area (Å²) in [4.78, 5) is 13.0. The van der Waals surface area contributed by atoms with Crippen molar-refractivity contribution in [1.82, 2.24) is 9.62 Å². The monoisotopic (exact) mass is 432 g/mol. The standard InChI is InChI=1S/C22H28N2O5S/c1-3-29-20-12-11-17(14-21(20)28-2)15-23-22(25)18-8-7-13-24(16-18)30(26,27)19-9-5-4-6-10-19/h4-6,9-12,14,18H,3,7-8,13,15-16H2,1-2H3,(H,23,25). The van der Waals surface area contributed by atoms with Crippen molar-refractivity contribution in [1.29, 1.82) is 0 Å². The molecular weight excluding hydrogens is 404 g/mol. The van der Waals surface area contributed by atoms with Gasteiger partial charge in [0.25, 0.3) is 0 Å². The Morgan fingerprint density at radius 3 is 2.63 bits per heavy atom. The Morgan fingerprint density at radius 1 is 1.17 bits per heavy atom. The minimum Gasteiger partial charge on any atom is -0.493 e. The zero-order valence-corrected chi connectivity index (χ0v) is 18.2. The molecule has 1 aliphatic rings. The van der Waals surface area contributed by atoms with E-state index in [1.165, 1.54) is 4.31 Å². The van der Waals surface area contributed by atoms with Crippen molar-refractivity contribution in [3.8, 4) is 11.5 Å². The first-order valence-electron chi connectivity index (χ1n) is 10.1. The number of sulfonamides is 1. The molecule has 0 aliphatic carbocycles. The van der Waals surface area contributed by atoms with Crippen molar-refractivity contribution in [2.45, 2.75) is 31.2 Å². The van der Waals surface area contributed by atoms with E-state index >= 15 is 0 Å². The molecule has 0 radical (unpaired) electrons. The number of carbonyl (C=O) groups excluding carboxylic acids is 1. The van der Waals surface area contributed by atoms with Crippen molar-refractivity contribution in [3.63, 3.8) is 0 Å². The molecule has 2 aromatic rings. The third-order valence-electron chi connectivity index (χ3n) is 5.13. The topological polar surface area (TPSA) is 84.9 Å². The van der Waals surface area contributed by atoms with E-state index in [0.717, 1.165) is 5.56 Å². The fourth-order valence-electron chi connectivity index (χ4n) is 3.55. The number of nitrogens with one attached hydrogen (secondary N) is 1. The van der Waals surface area contributed by atoms with Gasteiger partial charge in [0.2, 0.25) is 15.9 Å². The van der Waals surface area contributed by atoms with E-state index in [-0.39, 0.29) is 23.3 Å². The molecule has 8 heteroatoms. The Kier molecular flexibility index (Phi) is 7.33. The summed E-state index contributed by atoms with van der Waals surface area (Å²) < 4.78 is 38.0. The maximum Gasteiger partial charge on any atom is 0.243 e. The predicted octanol–water partition coefficient (Wildman–Crippen LogP) is 2.81. The van der Waals surface area contributed by atoms with E-state index < -0.39 is 10.0 Å². The molecule has 1 unspecified atom stereocenters. The van der Waals surface area contributed by atoms with E-state index in [4.69, 9.17) is 9.47 Å². The second kappa shape index (κ2) is 9.95. The van der Waals surface area contributed by atoms with Crippen LogP contribution < -0.4 is 14.8 Å². The molecule has 30 heavy (non-hydrogen) atoms. The highest BCUT2D eigenvalue weighted by molar-refractivity contribution is 7.89. The lowest BCUT2D eigenvalue weighted by atomic mass is 9.98. The van der Waals surface area contributed by atoms with Crippen LogP contribution in [0.15, 0.2) is 53.4 Å². The molecule has 1 aliphatic heterocycles. The molecule has 0 spiro atoms. The molecule has 3 rings (SSSR count). The maximum atomic E-state index is 12.9. The first-order chi connectivity index (χ1) is 14.5. The van der Waals surface area contributed by atoms with Crippen molar-refractivity contribution in [2.24, 2.45) is 5.92 Å². The van der Waals surface area contributed by atoms with Crippen LogP contribution >= 0.6 is 0 Å². The van der Waals surface area contributed by atoms with E-state index in [1.54, 1.807) is 37.4 Å². The molecule has 1 heterocycles. The van der Waals surface area contributed by atoms with Gasteiger partial charge in [-0.3, -0.25) is 4.79 Å². The molecule has 162 valence electrons. The molecular formula is C22H28N2O5S. The number of carbonyl (C=O) groups is 1. The minimum absolute atomic E-state index is 0.143. The fraction of sp³-hybridized carbons (Fsp3) is 0.409. The molecule has 1 fully saturated rings. The van der Waals surface area contributed by atoms with E-state index in [9.17, 15) is 13.2 Å². The summed E-state index contributed by atoms with van der Waals surface area (Å²) in [6.07, 6.45) is 1.32. The average molecular weight is 433 g/mol. The van der Waals surface area contributed by atoms with Crippen molar-refractivity contribution >= 4 is 15.9 Å². The lowest BCUT2D eigenvalue weighted by Crippen LogP contribution is -2.45. The Morgan fingerprint density at radius 2 is 1.93 bits per heavy atom. The van der Waals surface area contributed by atoms with Gasteiger partial charge in [0.05, 0.1) is 24.5 Å². The summed E-state index contributed by atoms with van der Waals surface area (Å²) >= 11 is 0. The summed E-state index contributed by atoms with van der Waals surface area (Å²) in [6, 6.07) is 13.9. The number of piperidine rings is 1. The van der Waals surface area contributed by atoms with Crippen LogP contribution in [-0.4, -0.2) is 45.4 Å². The number of hydrogen-bond donors (Lipinski definition) is 1. The number of hydrogen-bond acceptors (Lipinski definition) is 5. The quantitative estimate of drug-likeness (QED) is 0.693. The van der Waals surface area contributed by atoms with Crippen molar-refractivity contribution in [3.05, 3.63) is 54.1 Å². The van der Waals surface area contributed by atoms with Gasteiger partial charge in [-0.25, -0.2) is 8.42 Å². The lowest BCUT2D eigenvalue weighted by Gasteiger charge is -2.31. The summed E-state index contributed by atoms with van der Waals surface area (Å²) in [7, 11) is -2.02. The van der Waals surface area contributed by atoms with Crippen LogP contribution in [0.5, 0.6) is 11.5 Å². The van der Waals surface area contributed by atoms with Crippen LogP contribution in [0.25, 0.3) is 0 Å². The third-order valence-corrected chi connectivity index (χ3v) is 7.01. The smallest absolute Gasteiger partial charge is 0.243 e. The molecule has 7 nitrogen and oxygen atoms in total. The largest absolute Gasteiger partial charge is 0.493 e. The number of amides is 1. The first-order valence-corrected chi connectivity index (χ1v) is 11.5. The SMILES string of the molecule is CCOc1ccc(CNC(=O)C2CCCN(S(=O)(=O)c3ccccc3)C2)cc1OC. The van der Waals surface area contributed by atoms with Crippen LogP contribution in [0, 0.1) is 5.92 Å². The van der Waals surface area contributed by atoms with Crippen LogP contribution in [0.3, 0.4) is 0 Å². The molecule has 1 amide bonds. The lowest BCUT2D eigenvalue weighted by molar-refractivity contribution is -0.126. The highest BCUT2D eigenvalue weighted by atomic mass is 32.2. The van der Waals surface area contributed by atoms with Crippen LogP contribution in [-0.2, 0) is 21.4 Å². The highest BCUT2D eigenvalue weighted by Gasteiger charge is 2.33. The highest BCUT2D eigenvalue weighted by Crippen LogP contribution is 2.28. The molecule has 2 aromatic carbocycles. The number of ether oxygens (including phenoxy) is 2. The second-order valence-electron chi connectivity index (χ2n) is 7.15. The van der Waals surface area contributed by atoms with Crippen LogP contribution in [0.2, 0.25) is 0 Å². The van der Waals surface area contributed by atoms with Gasteiger partial charge in [0, 0.05) is 19.6 Å². The molecule has 1 N–H and O–H groups in total. The second-order valence-corrected chi connectivity index (χ2v) is 9.09. The Balaban J connectivity index is 1.62. The Hall–Kier alpha value is -2.58. The fourth-order valence-corrected chi connectivity index (χ4v) is 5.09. The van der Waals surface area contributed by atoms with Gasteiger partial charge in [0.15, 0.2) is 11.5 Å². The molecule has 1 atom stereocenters. The van der Waals surface area contributed by atoms with Gasteiger partial charge in [-0.05, 0) is 49.6 Å². The zero-order chi connectivity index (χ0) is 21.6. The van der Waals surface area contributed by atoms with Crippen LogP contribution in [0.4, 0.5) is 0 Å². The average Bonchev–Trinajstić information content (AvgIpc) is 2.79. The van der Waals surface area contributed by atoms with E-state index in [0.29, 0.717) is 44.0 Å². The van der Waals surface area contributed by atoms with Gasteiger partial charge in [0.1, 0.15) is 0 Å². The van der Waals surface area contributed by atoms with E-state index in [1.807, 2.05) is 25.1 Å². The summed E-state index contributed by atoms with van der Waals surface area (Å²) in [5.41, 5.74) is 0.883. The van der Waals surface area contributed by atoms with Crippen molar-refractivity contribution < 1.29 is 22.7 Å². The molecule has 1 saturated heterocycles. The number of methoxy groups -OCH3 is 1. The number of benzene rings is 2. The Labute approximate surface area is 178 Å². The summed E-state index contributed by atoms with van der Waals surface area (Å²) in [6.45, 7) is 3.39. The Bertz CT molecular complexity index is 963. The maximum absolute atomic E-state index is 12.9. The summed E-state index contributed by atoms with van der Waals surface area (Å²) in [5.74, 6) is 0.753. The van der Waals surface area contributed by atoms with Gasteiger partial charge in [-0.15, -0.1) is 0 Å². The van der Waals surface area contributed by atoms with Crippen LogP contribution in [0.1, 0.15) is 25.3 Å². The number of nitrogens with zero attached hydrogens (tertiary/aromatic N) is 1. The predicted molar refractivity (Wildman–Crippen MR) is 114 cm³/mol. The molecule has 0 aromatic heterocycles. The zero-order valence-electron chi connectivity index (χ0n) is 17.3. The van der Waals surface area contributed by atoms with Gasteiger partial charge in [-0.1, -0.05) is 24.3 Å². The van der Waals surface area contributed by atoms with Crippen molar-refractivity contribution in [2.75, 3.05) is 26.8 Å². The number of rotatable bonds is 8. The normalized spacial score (nSPS) is 17.3. The first kappa shape index (κ1) is 22.1. The van der Waals surface area contributed by atoms with Gasteiger partial charge in [-0.2, -0.15) is 4.31 Å². The molecule has 0 saturated carbocycles. The summed E-state index contributed by atoms with van der Waals surface area (Å²) in [5, 5.41) is 2.93. The van der Waals surface area contributed by atoms with Gasteiger partial charge < -0.3 is 14.8 Å². The minimum atomic E-state index is -3.59. The third kappa shape index (κ3) is 5.12. The molecule has 0 bridgehead atoms.